The summed E-state index contributed by atoms with van der Waals surface area (Å²) in [7, 11) is 1.16. The van der Waals surface area contributed by atoms with Crippen molar-refractivity contribution in [1.29, 1.82) is 0 Å². The number of rotatable bonds is 5. The van der Waals surface area contributed by atoms with Crippen molar-refractivity contribution in [2.24, 2.45) is 22.7 Å². The lowest BCUT2D eigenvalue weighted by atomic mass is 9.47. The standard InChI is InChI=1S/C25H31NO8/c1-23(7-6-18(30)26-19-14(27)5-4-13(20(19)31)22(32)33-3)16(28)9-17(29)25-10-12-8-15(21(23)25)34-24(12,2)11-25/h4-5,12,15,17,21,27,29,31H,6-11H2,1-3H3,(H,26,30)/t12?,15-,17+,21?,23+,24+,25-/m0/s1. The Hall–Kier alpha value is -2.65. The number of phenolic OH excluding ortho intramolecular Hbond substituents is 2. The van der Waals surface area contributed by atoms with Gasteiger partial charge < -0.3 is 30.1 Å². The molecule has 184 valence electrons. The third-order valence-corrected chi connectivity index (χ3v) is 9.16. The zero-order valence-electron chi connectivity index (χ0n) is 19.6. The molecule has 2 saturated heterocycles. The Morgan fingerprint density at radius 2 is 2.00 bits per heavy atom. The summed E-state index contributed by atoms with van der Waals surface area (Å²) in [5.74, 6) is -2.15. The van der Waals surface area contributed by atoms with Crippen molar-refractivity contribution in [2.75, 3.05) is 12.4 Å². The third-order valence-electron chi connectivity index (χ3n) is 9.16. The number of phenols is 2. The van der Waals surface area contributed by atoms with Gasteiger partial charge in [0.1, 0.15) is 22.8 Å². The molecule has 2 aliphatic heterocycles. The Balaban J connectivity index is 1.36. The van der Waals surface area contributed by atoms with Crippen molar-refractivity contribution in [2.45, 2.75) is 70.2 Å². The van der Waals surface area contributed by atoms with E-state index in [4.69, 9.17) is 4.74 Å². The summed E-state index contributed by atoms with van der Waals surface area (Å²) in [5.41, 5.74) is -1.93. The normalized spacial score (nSPS) is 39.7. The maximum atomic E-state index is 13.2. The van der Waals surface area contributed by atoms with E-state index in [0.29, 0.717) is 5.92 Å². The summed E-state index contributed by atoms with van der Waals surface area (Å²) >= 11 is 0. The van der Waals surface area contributed by atoms with E-state index in [9.17, 15) is 29.7 Å². The molecule has 0 radical (unpaired) electrons. The maximum absolute atomic E-state index is 13.2. The van der Waals surface area contributed by atoms with Gasteiger partial charge in [-0.25, -0.2) is 4.79 Å². The number of Topliss-reactive ketones (excluding diaryl/α,β-unsaturated/α-hetero) is 1. The summed E-state index contributed by atoms with van der Waals surface area (Å²) in [6.07, 6.45) is 1.90. The van der Waals surface area contributed by atoms with Crippen LogP contribution in [0, 0.1) is 22.7 Å². The number of carbonyl (C=O) groups is 3. The lowest BCUT2D eigenvalue weighted by molar-refractivity contribution is -0.218. The van der Waals surface area contributed by atoms with Crippen molar-refractivity contribution in [3.05, 3.63) is 17.7 Å². The minimum Gasteiger partial charge on any atom is -0.506 e. The van der Waals surface area contributed by atoms with Gasteiger partial charge in [0.2, 0.25) is 5.91 Å². The van der Waals surface area contributed by atoms with Gasteiger partial charge in [-0.05, 0) is 50.7 Å². The number of hydrogen-bond acceptors (Lipinski definition) is 8. The predicted molar refractivity (Wildman–Crippen MR) is 119 cm³/mol. The number of nitrogens with one attached hydrogen (secondary N) is 1. The highest BCUT2D eigenvalue weighted by atomic mass is 16.5. The fourth-order valence-electron chi connectivity index (χ4n) is 7.64. The second-order valence-electron chi connectivity index (χ2n) is 10.9. The first-order valence-corrected chi connectivity index (χ1v) is 11.8. The number of hydrogen-bond donors (Lipinski definition) is 4. The average Bonchev–Trinajstić information content (AvgIpc) is 3.15. The van der Waals surface area contributed by atoms with Crippen molar-refractivity contribution >= 4 is 23.3 Å². The first kappa shape index (κ1) is 23.1. The van der Waals surface area contributed by atoms with Crippen LogP contribution in [0.4, 0.5) is 5.69 Å². The van der Waals surface area contributed by atoms with Crippen LogP contribution in [0.5, 0.6) is 11.5 Å². The molecule has 4 N–H and O–H groups in total. The summed E-state index contributed by atoms with van der Waals surface area (Å²) in [4.78, 5) is 37.9. The number of aliphatic hydroxyl groups is 1. The largest absolute Gasteiger partial charge is 0.506 e. The Bertz CT molecular complexity index is 1090. The van der Waals surface area contributed by atoms with Gasteiger partial charge in [-0.1, -0.05) is 6.92 Å². The number of amides is 1. The van der Waals surface area contributed by atoms with E-state index in [-0.39, 0.29) is 59.3 Å². The molecule has 1 spiro atoms. The van der Waals surface area contributed by atoms with Gasteiger partial charge in [0.15, 0.2) is 5.75 Å². The van der Waals surface area contributed by atoms with E-state index in [0.717, 1.165) is 26.4 Å². The molecule has 6 rings (SSSR count). The topological polar surface area (TPSA) is 142 Å². The summed E-state index contributed by atoms with van der Waals surface area (Å²) in [6, 6.07) is 2.38. The number of methoxy groups -OCH3 is 1. The van der Waals surface area contributed by atoms with E-state index < -0.39 is 34.9 Å². The van der Waals surface area contributed by atoms with E-state index in [1.165, 1.54) is 12.1 Å². The number of aromatic hydroxyl groups is 2. The van der Waals surface area contributed by atoms with Gasteiger partial charge in [0.25, 0.3) is 0 Å². The molecule has 4 bridgehead atoms. The quantitative estimate of drug-likeness (QED) is 0.377. The van der Waals surface area contributed by atoms with E-state index in [1.54, 1.807) is 0 Å². The fraction of sp³-hybridized carbons (Fsp3) is 0.640. The van der Waals surface area contributed by atoms with Gasteiger partial charge in [-0.3, -0.25) is 9.59 Å². The minimum atomic E-state index is -0.837. The van der Waals surface area contributed by atoms with Crippen LogP contribution in [-0.4, -0.2) is 57.9 Å². The lowest BCUT2D eigenvalue weighted by Crippen LogP contribution is -2.63. The number of aliphatic hydroxyl groups excluding tert-OH is 1. The monoisotopic (exact) mass is 473 g/mol. The Morgan fingerprint density at radius 3 is 2.68 bits per heavy atom. The molecular formula is C25H31NO8. The van der Waals surface area contributed by atoms with Crippen molar-refractivity contribution in [3.8, 4) is 11.5 Å². The fourth-order valence-corrected chi connectivity index (χ4v) is 7.64. The molecule has 7 atom stereocenters. The molecule has 3 aliphatic carbocycles. The van der Waals surface area contributed by atoms with Crippen LogP contribution in [0.3, 0.4) is 0 Å². The zero-order valence-corrected chi connectivity index (χ0v) is 19.6. The molecule has 3 saturated carbocycles. The number of benzene rings is 1. The summed E-state index contributed by atoms with van der Waals surface area (Å²) in [6.45, 7) is 3.99. The van der Waals surface area contributed by atoms with Crippen LogP contribution in [-0.2, 0) is 19.1 Å². The molecule has 5 aliphatic rings. The number of anilines is 1. The molecule has 2 unspecified atom stereocenters. The molecule has 1 amide bonds. The molecular weight excluding hydrogens is 442 g/mol. The van der Waals surface area contributed by atoms with Crippen molar-refractivity contribution < 1.29 is 39.2 Å². The molecule has 9 heteroatoms. The highest BCUT2D eigenvalue weighted by Crippen LogP contribution is 2.73. The average molecular weight is 474 g/mol. The van der Waals surface area contributed by atoms with Crippen LogP contribution in [0.2, 0.25) is 0 Å². The highest BCUT2D eigenvalue weighted by molar-refractivity contribution is 6.00. The number of ether oxygens (including phenoxy) is 2. The summed E-state index contributed by atoms with van der Waals surface area (Å²) in [5, 5.41) is 34.0. The predicted octanol–water partition coefficient (Wildman–Crippen LogP) is 2.52. The molecule has 5 fully saturated rings. The molecule has 0 aromatic heterocycles. The van der Waals surface area contributed by atoms with Crippen molar-refractivity contribution in [1.82, 2.24) is 0 Å². The van der Waals surface area contributed by atoms with Gasteiger partial charge in [-0.15, -0.1) is 0 Å². The van der Waals surface area contributed by atoms with Crippen molar-refractivity contribution in [3.63, 3.8) is 0 Å². The van der Waals surface area contributed by atoms with Gasteiger partial charge >= 0.3 is 5.97 Å². The molecule has 34 heavy (non-hydrogen) atoms. The summed E-state index contributed by atoms with van der Waals surface area (Å²) < 4.78 is 11.0. The zero-order chi connectivity index (χ0) is 24.6. The molecule has 1 aromatic rings. The van der Waals surface area contributed by atoms with E-state index in [2.05, 4.69) is 17.0 Å². The maximum Gasteiger partial charge on any atom is 0.341 e. The van der Waals surface area contributed by atoms with E-state index in [1.807, 2.05) is 6.92 Å². The van der Waals surface area contributed by atoms with Crippen LogP contribution in [0.25, 0.3) is 0 Å². The van der Waals surface area contributed by atoms with Crippen LogP contribution in [0.1, 0.15) is 62.7 Å². The van der Waals surface area contributed by atoms with Gasteiger partial charge in [0, 0.05) is 29.6 Å². The third kappa shape index (κ3) is 3.02. The second kappa shape index (κ2) is 7.42. The first-order chi connectivity index (χ1) is 15.9. The van der Waals surface area contributed by atoms with Gasteiger partial charge in [0.05, 0.1) is 24.9 Å². The Labute approximate surface area is 197 Å². The van der Waals surface area contributed by atoms with Crippen LogP contribution in [0.15, 0.2) is 12.1 Å². The van der Waals surface area contributed by atoms with Gasteiger partial charge in [-0.2, -0.15) is 0 Å². The Morgan fingerprint density at radius 1 is 1.26 bits per heavy atom. The van der Waals surface area contributed by atoms with Crippen LogP contribution >= 0.6 is 0 Å². The SMILES string of the molecule is COC(=O)c1ccc(O)c(NC(=O)CC[C@]2(C)C(=O)C[C@@H](O)[C@]34CC5C[C@H](O[C@]5(C)C3)C42)c1O. The van der Waals surface area contributed by atoms with Crippen LogP contribution < -0.4 is 5.32 Å². The van der Waals surface area contributed by atoms with E-state index >= 15 is 0 Å². The number of carbonyl (C=O) groups excluding carboxylic acids is 3. The molecule has 1 aromatic carbocycles. The number of esters is 1. The number of ketones is 1. The minimum absolute atomic E-state index is 0.0420. The highest BCUT2D eigenvalue weighted by Gasteiger charge is 2.75. The first-order valence-electron chi connectivity index (χ1n) is 11.8. The smallest absolute Gasteiger partial charge is 0.341 e. The Kier molecular flexibility index (Phi) is 5.04. The molecule has 2 heterocycles. The molecule has 9 nitrogen and oxygen atoms in total. The lowest BCUT2D eigenvalue weighted by Gasteiger charge is -2.59. The second-order valence-corrected chi connectivity index (χ2v) is 10.9.